The van der Waals surface area contributed by atoms with Gasteiger partial charge in [0.05, 0.1) is 16.7 Å². The number of para-hydroxylation sites is 3. The lowest BCUT2D eigenvalue weighted by Crippen LogP contribution is -1.94. The van der Waals surface area contributed by atoms with E-state index in [1.54, 1.807) is 0 Å². The van der Waals surface area contributed by atoms with Gasteiger partial charge in [-0.25, -0.2) is 0 Å². The smallest absolute Gasteiger partial charge is 0.145 e. The van der Waals surface area contributed by atoms with Crippen molar-refractivity contribution in [2.75, 3.05) is 0 Å². The van der Waals surface area contributed by atoms with Crippen molar-refractivity contribution in [2.45, 2.75) is 6.92 Å². The number of hydrogen-bond acceptors (Lipinski definition) is 2. The Kier molecular flexibility index (Phi) is 3.76. The van der Waals surface area contributed by atoms with Gasteiger partial charge in [-0.2, -0.15) is 0 Å². The minimum absolute atomic E-state index is 0.894. The molecule has 3 aromatic heterocycles. The van der Waals surface area contributed by atoms with Crippen LogP contribution in [0, 0.1) is 6.92 Å². The summed E-state index contributed by atoms with van der Waals surface area (Å²) in [5.41, 5.74) is 8.38. The highest BCUT2D eigenvalue weighted by molar-refractivity contribution is 6.13. The Labute approximate surface area is 190 Å². The first-order valence-corrected chi connectivity index (χ1v) is 11.2. The molecule has 0 unspecified atom stereocenters. The molecular formula is C30H20N2O. The Hall–Kier alpha value is -4.37. The molecule has 7 rings (SSSR count). The van der Waals surface area contributed by atoms with Gasteiger partial charge < -0.3 is 8.98 Å². The van der Waals surface area contributed by atoms with E-state index in [-0.39, 0.29) is 0 Å². The summed E-state index contributed by atoms with van der Waals surface area (Å²) >= 11 is 0. The fourth-order valence-corrected chi connectivity index (χ4v) is 5.06. The maximum atomic E-state index is 6.36. The third-order valence-electron chi connectivity index (χ3n) is 6.58. The van der Waals surface area contributed by atoms with Gasteiger partial charge in [0.25, 0.3) is 0 Å². The lowest BCUT2D eigenvalue weighted by atomic mass is 10.0. The molecule has 0 fully saturated rings. The summed E-state index contributed by atoms with van der Waals surface area (Å²) in [6.45, 7) is 2.14. The van der Waals surface area contributed by atoms with E-state index < -0.39 is 0 Å². The minimum atomic E-state index is 0.894. The fourth-order valence-electron chi connectivity index (χ4n) is 5.06. The van der Waals surface area contributed by atoms with Gasteiger partial charge in [-0.15, -0.1) is 0 Å². The topological polar surface area (TPSA) is 31.0 Å². The average Bonchev–Trinajstić information content (AvgIpc) is 3.41. The molecule has 3 nitrogen and oxygen atoms in total. The third-order valence-corrected chi connectivity index (χ3v) is 6.58. The van der Waals surface area contributed by atoms with Crippen LogP contribution in [0.4, 0.5) is 0 Å². The van der Waals surface area contributed by atoms with Gasteiger partial charge in [-0.05, 0) is 48.9 Å². The van der Waals surface area contributed by atoms with Crippen LogP contribution in [0.1, 0.15) is 5.56 Å². The maximum absolute atomic E-state index is 6.36. The van der Waals surface area contributed by atoms with E-state index in [0.29, 0.717) is 0 Å². The Morgan fingerprint density at radius 1 is 0.697 bits per heavy atom. The molecule has 7 aromatic rings. The standard InChI is InChI=1S/C30H20N2O/c1-19-15-16-22(30-29(19)23-12-6-8-14-28(23)33-30)25-17-27-24(18-31-25)21-11-5-7-13-26(21)32(27)20-9-3-2-4-10-20/h2-18H,1H3. The van der Waals surface area contributed by atoms with E-state index in [1.807, 2.05) is 18.3 Å². The molecule has 3 heterocycles. The molecule has 33 heavy (non-hydrogen) atoms. The molecule has 0 aliphatic heterocycles. The monoisotopic (exact) mass is 424 g/mol. The molecule has 156 valence electrons. The maximum Gasteiger partial charge on any atom is 0.145 e. The quantitative estimate of drug-likeness (QED) is 0.281. The van der Waals surface area contributed by atoms with Gasteiger partial charge in [0.15, 0.2) is 0 Å². The summed E-state index contributed by atoms with van der Waals surface area (Å²) in [6.07, 6.45) is 2.00. The number of aromatic nitrogens is 2. The average molecular weight is 425 g/mol. The van der Waals surface area contributed by atoms with E-state index >= 15 is 0 Å². The Morgan fingerprint density at radius 3 is 2.33 bits per heavy atom. The molecular weight excluding hydrogens is 404 g/mol. The predicted octanol–water partition coefficient (Wildman–Crippen LogP) is 8.05. The van der Waals surface area contributed by atoms with Gasteiger partial charge in [0.1, 0.15) is 11.2 Å². The predicted molar refractivity (Wildman–Crippen MR) is 136 cm³/mol. The van der Waals surface area contributed by atoms with Gasteiger partial charge in [-0.3, -0.25) is 4.98 Å². The molecule has 0 aliphatic rings. The zero-order valence-corrected chi connectivity index (χ0v) is 18.1. The fraction of sp³-hybridized carbons (Fsp3) is 0.0333. The summed E-state index contributed by atoms with van der Waals surface area (Å²) in [5.74, 6) is 0. The molecule has 0 bridgehead atoms. The second-order valence-corrected chi connectivity index (χ2v) is 8.51. The number of nitrogens with zero attached hydrogens (tertiary/aromatic N) is 2. The second-order valence-electron chi connectivity index (χ2n) is 8.51. The highest BCUT2D eigenvalue weighted by atomic mass is 16.3. The number of rotatable bonds is 2. The van der Waals surface area contributed by atoms with Gasteiger partial charge in [0, 0.05) is 39.0 Å². The van der Waals surface area contributed by atoms with Gasteiger partial charge in [0.2, 0.25) is 0 Å². The minimum Gasteiger partial charge on any atom is -0.455 e. The van der Waals surface area contributed by atoms with Crippen molar-refractivity contribution in [3.05, 3.63) is 109 Å². The van der Waals surface area contributed by atoms with Crippen molar-refractivity contribution >= 4 is 43.7 Å². The van der Waals surface area contributed by atoms with Crippen LogP contribution in [0.3, 0.4) is 0 Å². The van der Waals surface area contributed by atoms with Crippen LogP contribution in [0.25, 0.3) is 60.7 Å². The number of hydrogen-bond donors (Lipinski definition) is 0. The Balaban J connectivity index is 1.57. The highest BCUT2D eigenvalue weighted by Gasteiger charge is 2.18. The van der Waals surface area contributed by atoms with Crippen molar-refractivity contribution in [1.29, 1.82) is 0 Å². The van der Waals surface area contributed by atoms with Crippen LogP contribution in [0.2, 0.25) is 0 Å². The van der Waals surface area contributed by atoms with Crippen molar-refractivity contribution in [3.63, 3.8) is 0 Å². The molecule has 4 aromatic carbocycles. The summed E-state index contributed by atoms with van der Waals surface area (Å²) in [7, 11) is 0. The van der Waals surface area contributed by atoms with Crippen LogP contribution in [-0.4, -0.2) is 9.55 Å². The zero-order valence-electron chi connectivity index (χ0n) is 18.1. The number of fused-ring (bicyclic) bond motifs is 6. The van der Waals surface area contributed by atoms with Crippen LogP contribution >= 0.6 is 0 Å². The first-order valence-electron chi connectivity index (χ1n) is 11.2. The second kappa shape index (κ2) is 6.81. The highest BCUT2D eigenvalue weighted by Crippen LogP contribution is 2.39. The van der Waals surface area contributed by atoms with Crippen molar-refractivity contribution in [3.8, 4) is 16.9 Å². The summed E-state index contributed by atoms with van der Waals surface area (Å²) in [6, 6.07) is 33.7. The van der Waals surface area contributed by atoms with Crippen molar-refractivity contribution in [1.82, 2.24) is 9.55 Å². The molecule has 0 aliphatic carbocycles. The molecule has 0 spiro atoms. The summed E-state index contributed by atoms with van der Waals surface area (Å²) < 4.78 is 8.68. The molecule has 0 N–H and O–H groups in total. The molecule has 0 saturated heterocycles. The van der Waals surface area contributed by atoms with E-state index in [4.69, 9.17) is 9.40 Å². The summed E-state index contributed by atoms with van der Waals surface area (Å²) in [4.78, 5) is 4.91. The molecule has 0 amide bonds. The largest absolute Gasteiger partial charge is 0.455 e. The normalized spacial score (nSPS) is 11.8. The van der Waals surface area contributed by atoms with Gasteiger partial charge in [-0.1, -0.05) is 60.7 Å². The number of benzene rings is 4. The van der Waals surface area contributed by atoms with E-state index in [2.05, 4.69) is 96.4 Å². The number of aryl methyl sites for hydroxylation is 1. The van der Waals surface area contributed by atoms with Crippen LogP contribution in [0.5, 0.6) is 0 Å². The first-order chi connectivity index (χ1) is 16.3. The lowest BCUT2D eigenvalue weighted by molar-refractivity contribution is 0.669. The zero-order chi connectivity index (χ0) is 21.9. The van der Waals surface area contributed by atoms with Crippen LogP contribution in [0.15, 0.2) is 108 Å². The van der Waals surface area contributed by atoms with E-state index in [1.165, 1.54) is 16.5 Å². The lowest BCUT2D eigenvalue weighted by Gasteiger charge is -2.09. The van der Waals surface area contributed by atoms with Crippen molar-refractivity contribution < 1.29 is 4.42 Å². The summed E-state index contributed by atoms with van der Waals surface area (Å²) in [5, 5.41) is 4.65. The van der Waals surface area contributed by atoms with E-state index in [9.17, 15) is 0 Å². The number of pyridine rings is 1. The third kappa shape index (κ3) is 2.60. The molecule has 0 saturated carbocycles. The van der Waals surface area contributed by atoms with Crippen LogP contribution in [-0.2, 0) is 0 Å². The number of furan rings is 1. The molecule has 0 atom stereocenters. The molecule has 0 radical (unpaired) electrons. The Morgan fingerprint density at radius 2 is 1.45 bits per heavy atom. The van der Waals surface area contributed by atoms with E-state index in [0.717, 1.165) is 49.8 Å². The SMILES string of the molecule is Cc1ccc(-c2cc3c(cn2)c2ccccc2n3-c2ccccc2)c2oc3ccccc3c12. The molecule has 3 heteroatoms. The first kappa shape index (κ1) is 18.2. The van der Waals surface area contributed by atoms with Crippen molar-refractivity contribution in [2.24, 2.45) is 0 Å². The van der Waals surface area contributed by atoms with Crippen LogP contribution < -0.4 is 0 Å². The van der Waals surface area contributed by atoms with Gasteiger partial charge >= 0.3 is 0 Å². The Bertz CT molecular complexity index is 1820.